The van der Waals surface area contributed by atoms with Crippen LogP contribution in [-0.4, -0.2) is 45.9 Å². The summed E-state index contributed by atoms with van der Waals surface area (Å²) in [6, 6.07) is 5.78. The summed E-state index contributed by atoms with van der Waals surface area (Å²) in [4.78, 5) is 2.00. The third kappa shape index (κ3) is 6.12. The van der Waals surface area contributed by atoms with E-state index in [0.29, 0.717) is 18.1 Å². The number of aromatic nitrogens is 2. The number of benzene rings is 1. The topological polar surface area (TPSA) is 106 Å². The predicted molar refractivity (Wildman–Crippen MR) is 95.0 cm³/mol. The van der Waals surface area contributed by atoms with Gasteiger partial charge in [-0.25, -0.2) is 4.18 Å². The molecule has 0 amide bonds. The molecular formula is C14H19N5O4S2. The van der Waals surface area contributed by atoms with E-state index in [0.717, 1.165) is 24.0 Å². The van der Waals surface area contributed by atoms with Gasteiger partial charge in [0.05, 0.1) is 19.4 Å². The van der Waals surface area contributed by atoms with Crippen molar-refractivity contribution in [1.82, 2.24) is 10.2 Å². The third-order valence-electron chi connectivity index (χ3n) is 3.28. The molecule has 2 rings (SSSR count). The van der Waals surface area contributed by atoms with Gasteiger partial charge in [-0.15, -0.1) is 20.4 Å². The Balaban J connectivity index is 1.90. The number of rotatable bonds is 9. The van der Waals surface area contributed by atoms with E-state index >= 15 is 0 Å². The average Bonchev–Trinajstić information content (AvgIpc) is 3.11. The van der Waals surface area contributed by atoms with E-state index < -0.39 is 10.4 Å². The van der Waals surface area contributed by atoms with Gasteiger partial charge in [0.25, 0.3) is 5.13 Å². The minimum Gasteiger partial charge on any atom is -0.375 e. The Bertz CT molecular complexity index is 809. The molecule has 0 radical (unpaired) electrons. The summed E-state index contributed by atoms with van der Waals surface area (Å²) in [7, 11) is -0.887. The maximum atomic E-state index is 11.1. The first-order valence-corrected chi connectivity index (χ1v) is 9.57. The van der Waals surface area contributed by atoms with Crippen molar-refractivity contribution in [3.8, 4) is 0 Å². The molecule has 9 nitrogen and oxygen atoms in total. The van der Waals surface area contributed by atoms with Crippen molar-refractivity contribution in [2.75, 3.05) is 32.2 Å². The summed E-state index contributed by atoms with van der Waals surface area (Å²) in [5.74, 6) is 0. The van der Waals surface area contributed by atoms with Crippen molar-refractivity contribution in [1.29, 1.82) is 0 Å². The lowest BCUT2D eigenvalue weighted by atomic mass is 10.1. The monoisotopic (exact) mass is 385 g/mol. The fourth-order valence-electron chi connectivity index (χ4n) is 1.94. The zero-order chi connectivity index (χ0) is 18.3. The summed E-state index contributed by atoms with van der Waals surface area (Å²) in [6.07, 6.45) is 0.538. The molecule has 0 N–H and O–H groups in total. The summed E-state index contributed by atoms with van der Waals surface area (Å²) in [6.45, 7) is 2.64. The fourth-order valence-corrected chi connectivity index (χ4v) is 2.73. The molecule has 2 aromatic rings. The number of hydrogen-bond donors (Lipinski definition) is 0. The minimum atomic E-state index is -3.87. The van der Waals surface area contributed by atoms with Crippen molar-refractivity contribution in [3.63, 3.8) is 0 Å². The Morgan fingerprint density at radius 1 is 1.32 bits per heavy atom. The van der Waals surface area contributed by atoms with Crippen LogP contribution in [-0.2, 0) is 18.8 Å². The van der Waals surface area contributed by atoms with Crippen LogP contribution in [0, 0.1) is 6.92 Å². The van der Waals surface area contributed by atoms with Crippen LogP contribution in [0.2, 0.25) is 0 Å². The second-order valence-corrected chi connectivity index (χ2v) is 7.26. The molecule has 1 aromatic carbocycles. The van der Waals surface area contributed by atoms with Gasteiger partial charge in [0.2, 0.25) is 0 Å². The van der Waals surface area contributed by atoms with E-state index in [-0.39, 0.29) is 6.61 Å². The molecule has 11 heteroatoms. The molecule has 25 heavy (non-hydrogen) atoms. The highest BCUT2D eigenvalue weighted by Crippen LogP contribution is 2.26. The van der Waals surface area contributed by atoms with Crippen molar-refractivity contribution in [2.45, 2.75) is 13.3 Å². The van der Waals surface area contributed by atoms with Crippen molar-refractivity contribution in [3.05, 3.63) is 29.3 Å². The predicted octanol–water partition coefficient (Wildman–Crippen LogP) is 3.00. The third-order valence-corrected chi connectivity index (χ3v) is 4.72. The molecule has 0 aliphatic carbocycles. The number of nitrogens with zero attached hydrogens (tertiary/aromatic N) is 5. The van der Waals surface area contributed by atoms with Crippen LogP contribution in [0.15, 0.2) is 33.9 Å². The van der Waals surface area contributed by atoms with E-state index in [1.807, 2.05) is 37.1 Å². The summed E-state index contributed by atoms with van der Waals surface area (Å²) in [5.41, 5.74) is 4.31. The second-order valence-electron chi connectivity index (χ2n) is 5.06. The molecule has 0 fully saturated rings. The van der Waals surface area contributed by atoms with Crippen LogP contribution in [0.25, 0.3) is 0 Å². The SMILES string of the molecule is COS(=O)(=O)OCCCN(C)c1ccc(N=Nc2nncs2)c(C)c1. The lowest BCUT2D eigenvalue weighted by molar-refractivity contribution is 0.242. The molecule has 0 saturated heterocycles. The fraction of sp³-hybridized carbons (Fsp3) is 0.429. The van der Waals surface area contributed by atoms with Gasteiger partial charge >= 0.3 is 10.4 Å². The second kappa shape index (κ2) is 8.94. The Morgan fingerprint density at radius 3 is 2.76 bits per heavy atom. The van der Waals surface area contributed by atoms with E-state index in [1.54, 1.807) is 5.51 Å². The number of azo groups is 1. The lowest BCUT2D eigenvalue weighted by Crippen LogP contribution is -2.20. The highest BCUT2D eigenvalue weighted by Gasteiger charge is 2.09. The largest absolute Gasteiger partial charge is 0.399 e. The van der Waals surface area contributed by atoms with Gasteiger partial charge in [0.15, 0.2) is 0 Å². The molecule has 0 bridgehead atoms. The standard InChI is InChI=1S/C14H19N5O4S2/c1-11-9-12(19(2)7-4-8-23-25(20,21)22-3)5-6-13(11)16-18-14-17-15-10-24-14/h5-6,9-10H,4,7-8H2,1-3H3. The van der Waals surface area contributed by atoms with Gasteiger partial charge in [0, 0.05) is 19.3 Å². The first-order chi connectivity index (χ1) is 11.9. The zero-order valence-corrected chi connectivity index (χ0v) is 15.7. The average molecular weight is 385 g/mol. The van der Waals surface area contributed by atoms with Crippen LogP contribution in [0.1, 0.15) is 12.0 Å². The van der Waals surface area contributed by atoms with Crippen LogP contribution >= 0.6 is 11.3 Å². The maximum absolute atomic E-state index is 11.1. The maximum Gasteiger partial charge on any atom is 0.399 e. The normalized spacial score (nSPS) is 12.0. The molecule has 136 valence electrons. The summed E-state index contributed by atoms with van der Waals surface area (Å²) >= 11 is 1.32. The molecule has 0 aliphatic heterocycles. The van der Waals surface area contributed by atoms with Crippen LogP contribution < -0.4 is 4.90 Å². The van der Waals surface area contributed by atoms with Gasteiger partial charge < -0.3 is 4.90 Å². The molecular weight excluding hydrogens is 366 g/mol. The Kier molecular flexibility index (Phi) is 6.93. The van der Waals surface area contributed by atoms with E-state index in [4.69, 9.17) is 0 Å². The van der Waals surface area contributed by atoms with Gasteiger partial charge in [0.1, 0.15) is 5.51 Å². The quantitative estimate of drug-likeness (QED) is 0.482. The molecule has 1 aromatic heterocycles. The number of aryl methyl sites for hydroxylation is 1. The molecule has 0 saturated carbocycles. The smallest absolute Gasteiger partial charge is 0.375 e. The van der Waals surface area contributed by atoms with E-state index in [9.17, 15) is 8.42 Å². The van der Waals surface area contributed by atoms with Crippen molar-refractivity contribution < 1.29 is 16.8 Å². The summed E-state index contributed by atoms with van der Waals surface area (Å²) < 4.78 is 31.0. The van der Waals surface area contributed by atoms with Gasteiger partial charge in [-0.1, -0.05) is 11.3 Å². The van der Waals surface area contributed by atoms with Gasteiger partial charge in [-0.3, -0.25) is 4.18 Å². The highest BCUT2D eigenvalue weighted by atomic mass is 32.3. The molecule has 0 aliphatic rings. The van der Waals surface area contributed by atoms with Crippen molar-refractivity contribution >= 4 is 38.2 Å². The number of hydrogen-bond acceptors (Lipinski definition) is 10. The minimum absolute atomic E-state index is 0.0631. The van der Waals surface area contributed by atoms with Crippen LogP contribution in [0.5, 0.6) is 0 Å². The molecule has 0 unspecified atom stereocenters. The Labute approximate surface area is 150 Å². The van der Waals surface area contributed by atoms with E-state index in [2.05, 4.69) is 28.8 Å². The van der Waals surface area contributed by atoms with Gasteiger partial charge in [-0.2, -0.15) is 8.42 Å². The summed E-state index contributed by atoms with van der Waals surface area (Å²) in [5, 5.41) is 16.2. The first-order valence-electron chi connectivity index (χ1n) is 7.36. The molecule has 0 spiro atoms. The molecule has 1 heterocycles. The van der Waals surface area contributed by atoms with Crippen LogP contribution in [0.4, 0.5) is 16.5 Å². The number of anilines is 1. The van der Waals surface area contributed by atoms with Crippen molar-refractivity contribution in [2.24, 2.45) is 10.2 Å². The Hall–Kier alpha value is -1.95. The van der Waals surface area contributed by atoms with Gasteiger partial charge in [-0.05, 0) is 37.1 Å². The highest BCUT2D eigenvalue weighted by molar-refractivity contribution is 7.81. The molecule has 0 atom stereocenters. The first kappa shape index (κ1) is 19.4. The van der Waals surface area contributed by atoms with E-state index in [1.165, 1.54) is 11.3 Å². The Morgan fingerprint density at radius 2 is 2.12 bits per heavy atom. The lowest BCUT2D eigenvalue weighted by Gasteiger charge is -2.20. The van der Waals surface area contributed by atoms with Crippen LogP contribution in [0.3, 0.4) is 0 Å². The zero-order valence-electron chi connectivity index (χ0n) is 14.1.